The van der Waals surface area contributed by atoms with Crippen LogP contribution in [0, 0.1) is 20.2 Å². The number of carbonyl (C=O) groups excluding carboxylic acids is 1. The average molecular weight is 345 g/mol. The molecule has 0 heterocycles. The molecule has 9 nitrogen and oxygen atoms in total. The molecule has 2 aromatic carbocycles. The predicted molar refractivity (Wildman–Crippen MR) is 89.8 cm³/mol. The maximum atomic E-state index is 12.4. The summed E-state index contributed by atoms with van der Waals surface area (Å²) in [7, 11) is 1.38. The van der Waals surface area contributed by atoms with Crippen LogP contribution in [0.1, 0.15) is 18.4 Å². The number of hydrogen-bond donors (Lipinski definition) is 1. The van der Waals surface area contributed by atoms with Gasteiger partial charge >= 0.3 is 0 Å². The lowest BCUT2D eigenvalue weighted by Crippen LogP contribution is -2.19. The minimum absolute atomic E-state index is 0.0459. The Morgan fingerprint density at radius 1 is 1.08 bits per heavy atom. The number of nitro benzene ring substituents is 2. The number of rotatable bonds is 6. The molecule has 0 radical (unpaired) electrons. The molecule has 1 amide bonds. The van der Waals surface area contributed by atoms with E-state index in [1.165, 1.54) is 49.6 Å². The van der Waals surface area contributed by atoms with Gasteiger partial charge in [0.15, 0.2) is 0 Å². The van der Waals surface area contributed by atoms with E-state index in [4.69, 9.17) is 4.74 Å². The fourth-order valence-electron chi connectivity index (χ4n) is 2.17. The summed E-state index contributed by atoms with van der Waals surface area (Å²) in [6.45, 7) is 1.60. The van der Waals surface area contributed by atoms with Gasteiger partial charge in [0.25, 0.3) is 11.4 Å². The summed E-state index contributed by atoms with van der Waals surface area (Å²) in [5.41, 5.74) is 0.231. The number of hydrogen-bond acceptors (Lipinski definition) is 6. The zero-order chi connectivity index (χ0) is 18.6. The number of non-ortho nitro benzene ring substituents is 1. The molecule has 9 heteroatoms. The molecule has 0 spiro atoms. The maximum absolute atomic E-state index is 12.4. The molecule has 2 rings (SSSR count). The van der Waals surface area contributed by atoms with Gasteiger partial charge in [-0.3, -0.25) is 25.0 Å². The number of nitrogens with zero attached hydrogens (tertiary/aromatic N) is 2. The van der Waals surface area contributed by atoms with E-state index in [0.29, 0.717) is 11.3 Å². The van der Waals surface area contributed by atoms with E-state index in [1.54, 1.807) is 6.92 Å². The summed E-state index contributed by atoms with van der Waals surface area (Å²) < 4.78 is 4.94. The quantitative estimate of drug-likeness (QED) is 0.633. The van der Waals surface area contributed by atoms with Crippen molar-refractivity contribution in [3.05, 3.63) is 68.3 Å². The zero-order valence-electron chi connectivity index (χ0n) is 13.5. The first-order valence-corrected chi connectivity index (χ1v) is 7.21. The summed E-state index contributed by atoms with van der Waals surface area (Å²) >= 11 is 0. The van der Waals surface area contributed by atoms with Gasteiger partial charge in [0.2, 0.25) is 5.91 Å². The van der Waals surface area contributed by atoms with E-state index in [0.717, 1.165) is 0 Å². The van der Waals surface area contributed by atoms with Crippen LogP contribution in [0.4, 0.5) is 17.1 Å². The number of carbonyl (C=O) groups is 1. The van der Waals surface area contributed by atoms with Crippen LogP contribution in [0.25, 0.3) is 0 Å². The Morgan fingerprint density at radius 2 is 1.72 bits per heavy atom. The lowest BCUT2D eigenvalue weighted by Gasteiger charge is -2.13. The number of anilines is 1. The van der Waals surface area contributed by atoms with Gasteiger partial charge in [-0.05, 0) is 24.6 Å². The summed E-state index contributed by atoms with van der Waals surface area (Å²) in [5.74, 6) is -0.822. The highest BCUT2D eigenvalue weighted by Gasteiger charge is 2.21. The van der Waals surface area contributed by atoms with Crippen molar-refractivity contribution in [3.63, 3.8) is 0 Å². The van der Waals surface area contributed by atoms with E-state index in [-0.39, 0.29) is 17.1 Å². The number of nitro groups is 2. The molecule has 2 aromatic rings. The molecule has 0 saturated carbocycles. The smallest absolute Gasteiger partial charge is 0.296 e. The minimum atomic E-state index is -0.650. The van der Waals surface area contributed by atoms with Crippen molar-refractivity contribution in [2.45, 2.75) is 12.8 Å². The molecule has 0 aromatic heterocycles. The summed E-state index contributed by atoms with van der Waals surface area (Å²) in [5, 5.41) is 24.3. The molecular formula is C16H15N3O6. The second-order valence-corrected chi connectivity index (χ2v) is 5.20. The number of amides is 1. The molecule has 0 aliphatic heterocycles. The highest BCUT2D eigenvalue weighted by Crippen LogP contribution is 2.30. The second-order valence-electron chi connectivity index (χ2n) is 5.20. The zero-order valence-corrected chi connectivity index (χ0v) is 13.5. The van der Waals surface area contributed by atoms with Crippen molar-refractivity contribution in [2.24, 2.45) is 0 Å². The summed E-state index contributed by atoms with van der Waals surface area (Å²) in [4.78, 5) is 33.0. The first-order chi connectivity index (χ1) is 11.8. The van der Waals surface area contributed by atoms with E-state index in [9.17, 15) is 25.0 Å². The van der Waals surface area contributed by atoms with E-state index < -0.39 is 21.7 Å². The van der Waals surface area contributed by atoms with E-state index >= 15 is 0 Å². The summed E-state index contributed by atoms with van der Waals surface area (Å²) in [6.07, 6.45) is 0. The molecule has 0 fully saturated rings. The molecule has 0 saturated heterocycles. The maximum Gasteiger partial charge on any atom is 0.296 e. The Morgan fingerprint density at radius 3 is 2.24 bits per heavy atom. The van der Waals surface area contributed by atoms with Crippen molar-refractivity contribution in [3.8, 4) is 5.75 Å². The first-order valence-electron chi connectivity index (χ1n) is 7.21. The molecule has 1 atom stereocenters. The highest BCUT2D eigenvalue weighted by molar-refractivity contribution is 5.97. The van der Waals surface area contributed by atoms with Crippen LogP contribution in [0.15, 0.2) is 42.5 Å². The Labute approximate surface area is 142 Å². The van der Waals surface area contributed by atoms with Crippen molar-refractivity contribution in [1.29, 1.82) is 0 Å². The van der Waals surface area contributed by atoms with Crippen LogP contribution < -0.4 is 10.1 Å². The largest absolute Gasteiger partial charge is 0.496 e. The van der Waals surface area contributed by atoms with Crippen LogP contribution in [0.3, 0.4) is 0 Å². The first kappa shape index (κ1) is 17.9. The normalized spacial score (nSPS) is 11.4. The van der Waals surface area contributed by atoms with Crippen LogP contribution >= 0.6 is 0 Å². The Hall–Kier alpha value is -3.49. The molecule has 25 heavy (non-hydrogen) atoms. The van der Waals surface area contributed by atoms with Gasteiger partial charge in [0.1, 0.15) is 11.4 Å². The van der Waals surface area contributed by atoms with Gasteiger partial charge in [0.05, 0.1) is 28.9 Å². The van der Waals surface area contributed by atoms with Crippen molar-refractivity contribution in [2.75, 3.05) is 12.4 Å². The molecule has 0 aliphatic carbocycles. The third-order valence-electron chi connectivity index (χ3n) is 3.66. The Bertz CT molecular complexity index is 819. The molecule has 130 valence electrons. The van der Waals surface area contributed by atoms with Crippen molar-refractivity contribution >= 4 is 23.0 Å². The fraction of sp³-hybridized carbons (Fsp3) is 0.188. The standard InChI is InChI=1S/C16H15N3O6/c1-10(11-3-5-12(6-4-11)18(21)22)16(20)17-14-8-7-13(25-2)9-15(14)19(23)24/h3-10H,1-2H3,(H,17,20)/t10-/m1/s1. The third-order valence-corrected chi connectivity index (χ3v) is 3.66. The van der Waals surface area contributed by atoms with Crippen LogP contribution in [0.5, 0.6) is 5.75 Å². The number of nitrogens with one attached hydrogen (secondary N) is 1. The highest BCUT2D eigenvalue weighted by atomic mass is 16.6. The Kier molecular flexibility index (Phi) is 5.28. The monoisotopic (exact) mass is 345 g/mol. The third kappa shape index (κ3) is 4.08. The van der Waals surface area contributed by atoms with Gasteiger partial charge < -0.3 is 10.1 Å². The van der Waals surface area contributed by atoms with Gasteiger partial charge in [-0.2, -0.15) is 0 Å². The topological polar surface area (TPSA) is 125 Å². The molecular weight excluding hydrogens is 330 g/mol. The second kappa shape index (κ2) is 7.39. The lowest BCUT2D eigenvalue weighted by atomic mass is 10.00. The van der Waals surface area contributed by atoms with E-state index in [2.05, 4.69) is 5.32 Å². The molecule has 0 unspecified atom stereocenters. The number of ether oxygens (including phenoxy) is 1. The van der Waals surface area contributed by atoms with Crippen LogP contribution in [-0.2, 0) is 4.79 Å². The van der Waals surface area contributed by atoms with Crippen molar-refractivity contribution < 1.29 is 19.4 Å². The van der Waals surface area contributed by atoms with Gasteiger partial charge in [-0.1, -0.05) is 12.1 Å². The van der Waals surface area contributed by atoms with Gasteiger partial charge in [-0.15, -0.1) is 0 Å². The summed E-state index contributed by atoms with van der Waals surface area (Å²) in [6, 6.07) is 9.66. The average Bonchev–Trinajstić information content (AvgIpc) is 2.61. The van der Waals surface area contributed by atoms with Gasteiger partial charge in [-0.25, -0.2) is 0 Å². The Balaban J connectivity index is 2.21. The lowest BCUT2D eigenvalue weighted by molar-refractivity contribution is -0.384. The number of methoxy groups -OCH3 is 1. The SMILES string of the molecule is COc1ccc(NC(=O)[C@H](C)c2ccc([N+](=O)[O-])cc2)c([N+](=O)[O-])c1. The molecule has 0 aliphatic rings. The number of benzene rings is 2. The van der Waals surface area contributed by atoms with Crippen LogP contribution in [0.2, 0.25) is 0 Å². The molecule has 0 bridgehead atoms. The predicted octanol–water partition coefficient (Wildman–Crippen LogP) is 3.25. The molecule has 1 N–H and O–H groups in total. The minimum Gasteiger partial charge on any atom is -0.496 e. The van der Waals surface area contributed by atoms with E-state index in [1.807, 2.05) is 0 Å². The fourth-order valence-corrected chi connectivity index (χ4v) is 2.17. The van der Waals surface area contributed by atoms with Gasteiger partial charge in [0, 0.05) is 12.1 Å². The van der Waals surface area contributed by atoms with Crippen LogP contribution in [-0.4, -0.2) is 22.9 Å². The van der Waals surface area contributed by atoms with Crippen molar-refractivity contribution in [1.82, 2.24) is 0 Å².